The molecule has 0 spiro atoms. The third-order valence-electron chi connectivity index (χ3n) is 2.75. The molecule has 1 aliphatic heterocycles. The smallest absolute Gasteiger partial charge is 0.168 e. The summed E-state index contributed by atoms with van der Waals surface area (Å²) in [5.74, 6) is 1.36. The predicted octanol–water partition coefficient (Wildman–Crippen LogP) is 3.02. The van der Waals surface area contributed by atoms with Crippen molar-refractivity contribution in [3.8, 4) is 0 Å². The Morgan fingerprint density at radius 3 is 2.75 bits per heavy atom. The van der Waals surface area contributed by atoms with Gasteiger partial charge in [-0.05, 0) is 24.3 Å². The van der Waals surface area contributed by atoms with Crippen molar-refractivity contribution in [3.63, 3.8) is 0 Å². The molecule has 1 unspecified atom stereocenters. The molecule has 86 valence electrons. The Hall–Kier alpha value is -0.800. The van der Waals surface area contributed by atoms with Crippen LogP contribution in [-0.4, -0.2) is 24.7 Å². The highest BCUT2D eigenvalue weighted by molar-refractivity contribution is 7.99. The fourth-order valence-electron chi connectivity index (χ4n) is 1.86. The lowest BCUT2D eigenvalue weighted by molar-refractivity contribution is 0.0900. The Kier molecular flexibility index (Phi) is 4.02. The Morgan fingerprint density at radius 1 is 1.44 bits per heavy atom. The number of ether oxygens (including phenoxy) is 1. The Bertz CT molecular complexity index is 353. The molecular formula is C13H16O2S. The highest BCUT2D eigenvalue weighted by Crippen LogP contribution is 2.21. The highest BCUT2D eigenvalue weighted by Gasteiger charge is 2.24. The largest absolute Gasteiger partial charge is 0.381 e. The SMILES string of the molecule is CCSc1ccc(C(=O)C2CCOC2)cc1. The Balaban J connectivity index is 2.05. The standard InChI is InChI=1S/C13H16O2S/c1-2-16-12-5-3-10(4-6-12)13(14)11-7-8-15-9-11/h3-6,11H,2,7-9H2,1H3. The number of hydrogen-bond acceptors (Lipinski definition) is 3. The van der Waals surface area contributed by atoms with Gasteiger partial charge in [-0.1, -0.05) is 19.1 Å². The average Bonchev–Trinajstić information content (AvgIpc) is 2.83. The first-order chi connectivity index (χ1) is 7.81. The number of carbonyl (C=O) groups is 1. The summed E-state index contributed by atoms with van der Waals surface area (Å²) in [5.41, 5.74) is 0.816. The van der Waals surface area contributed by atoms with Crippen molar-refractivity contribution in [3.05, 3.63) is 29.8 Å². The molecule has 2 nitrogen and oxygen atoms in total. The van der Waals surface area contributed by atoms with Crippen molar-refractivity contribution < 1.29 is 9.53 Å². The van der Waals surface area contributed by atoms with Crippen LogP contribution < -0.4 is 0 Å². The number of thioether (sulfide) groups is 1. The number of ketones is 1. The van der Waals surface area contributed by atoms with Crippen LogP contribution in [-0.2, 0) is 4.74 Å². The molecule has 0 aromatic heterocycles. The number of rotatable bonds is 4. The van der Waals surface area contributed by atoms with E-state index in [4.69, 9.17) is 4.74 Å². The van der Waals surface area contributed by atoms with Gasteiger partial charge in [0.1, 0.15) is 0 Å². The third-order valence-corrected chi connectivity index (χ3v) is 3.64. The van der Waals surface area contributed by atoms with Crippen LogP contribution in [0.5, 0.6) is 0 Å². The summed E-state index contributed by atoms with van der Waals surface area (Å²) in [4.78, 5) is 13.3. The molecule has 1 aromatic carbocycles. The van der Waals surface area contributed by atoms with Gasteiger partial charge in [0.05, 0.1) is 6.61 Å². The third kappa shape index (κ3) is 2.66. The zero-order valence-corrected chi connectivity index (χ0v) is 10.3. The fraction of sp³-hybridized carbons (Fsp3) is 0.462. The lowest BCUT2D eigenvalue weighted by Crippen LogP contribution is -2.14. The van der Waals surface area contributed by atoms with Gasteiger partial charge in [0.15, 0.2) is 5.78 Å². The zero-order chi connectivity index (χ0) is 11.4. The fourth-order valence-corrected chi connectivity index (χ4v) is 2.52. The van der Waals surface area contributed by atoms with E-state index in [1.165, 1.54) is 4.90 Å². The molecule has 1 heterocycles. The minimum Gasteiger partial charge on any atom is -0.381 e. The monoisotopic (exact) mass is 236 g/mol. The molecule has 1 fully saturated rings. The summed E-state index contributed by atoms with van der Waals surface area (Å²) in [6, 6.07) is 7.91. The van der Waals surface area contributed by atoms with Crippen molar-refractivity contribution in [1.82, 2.24) is 0 Å². The maximum Gasteiger partial charge on any atom is 0.168 e. The molecule has 0 N–H and O–H groups in total. The van der Waals surface area contributed by atoms with Gasteiger partial charge >= 0.3 is 0 Å². The lowest BCUT2D eigenvalue weighted by atomic mass is 9.97. The molecule has 0 radical (unpaired) electrons. The molecule has 1 atom stereocenters. The molecule has 0 saturated carbocycles. The molecule has 1 saturated heterocycles. The van der Waals surface area contributed by atoms with Crippen molar-refractivity contribution >= 4 is 17.5 Å². The minimum atomic E-state index is 0.0738. The van der Waals surface area contributed by atoms with E-state index in [1.807, 2.05) is 24.3 Å². The number of carbonyl (C=O) groups excluding carboxylic acids is 1. The van der Waals surface area contributed by atoms with Gasteiger partial charge < -0.3 is 4.74 Å². The topological polar surface area (TPSA) is 26.3 Å². The van der Waals surface area contributed by atoms with Gasteiger partial charge in [0, 0.05) is 23.0 Å². The quantitative estimate of drug-likeness (QED) is 0.594. The summed E-state index contributed by atoms with van der Waals surface area (Å²) >= 11 is 1.79. The van der Waals surface area contributed by atoms with Gasteiger partial charge in [-0.2, -0.15) is 0 Å². The first-order valence-electron chi connectivity index (χ1n) is 5.66. The number of benzene rings is 1. The number of hydrogen-bond donors (Lipinski definition) is 0. The first kappa shape index (κ1) is 11.7. The van der Waals surface area contributed by atoms with E-state index in [9.17, 15) is 4.79 Å². The first-order valence-corrected chi connectivity index (χ1v) is 6.64. The molecule has 0 amide bonds. The lowest BCUT2D eigenvalue weighted by Gasteiger charge is -2.07. The highest BCUT2D eigenvalue weighted by atomic mass is 32.2. The molecule has 16 heavy (non-hydrogen) atoms. The maximum atomic E-state index is 12.0. The van der Waals surface area contributed by atoms with Crippen LogP contribution in [0.25, 0.3) is 0 Å². The van der Waals surface area contributed by atoms with Crippen LogP contribution >= 0.6 is 11.8 Å². The number of Topliss-reactive ketones (excluding diaryl/α,β-unsaturated/α-hetero) is 1. The van der Waals surface area contributed by atoms with Crippen LogP contribution in [0.4, 0.5) is 0 Å². The molecule has 0 aliphatic carbocycles. The van der Waals surface area contributed by atoms with Crippen molar-refractivity contribution in [1.29, 1.82) is 0 Å². The van der Waals surface area contributed by atoms with Crippen LogP contribution in [0.1, 0.15) is 23.7 Å². The average molecular weight is 236 g/mol. The molecule has 1 aliphatic rings. The van der Waals surface area contributed by atoms with E-state index in [2.05, 4.69) is 6.92 Å². The summed E-state index contributed by atoms with van der Waals surface area (Å²) in [7, 11) is 0. The van der Waals surface area contributed by atoms with Crippen LogP contribution in [0.2, 0.25) is 0 Å². The zero-order valence-electron chi connectivity index (χ0n) is 9.44. The molecule has 2 rings (SSSR count). The van der Waals surface area contributed by atoms with Crippen molar-refractivity contribution in [2.24, 2.45) is 5.92 Å². The van der Waals surface area contributed by atoms with E-state index in [1.54, 1.807) is 11.8 Å². The summed E-state index contributed by atoms with van der Waals surface area (Å²) in [6.45, 7) is 3.43. The van der Waals surface area contributed by atoms with Crippen LogP contribution in [0.3, 0.4) is 0 Å². The van der Waals surface area contributed by atoms with E-state index in [0.717, 1.165) is 24.3 Å². The summed E-state index contributed by atoms with van der Waals surface area (Å²) < 4.78 is 5.24. The Labute approximate surface area is 100 Å². The van der Waals surface area contributed by atoms with Gasteiger partial charge in [-0.3, -0.25) is 4.79 Å². The van der Waals surface area contributed by atoms with Crippen molar-refractivity contribution in [2.75, 3.05) is 19.0 Å². The van der Waals surface area contributed by atoms with Gasteiger partial charge in [-0.15, -0.1) is 11.8 Å². The molecule has 3 heteroatoms. The van der Waals surface area contributed by atoms with Crippen LogP contribution in [0, 0.1) is 5.92 Å². The van der Waals surface area contributed by atoms with Gasteiger partial charge in [0.25, 0.3) is 0 Å². The van der Waals surface area contributed by atoms with E-state index < -0.39 is 0 Å². The second-order valence-electron chi connectivity index (χ2n) is 3.88. The molecule has 0 bridgehead atoms. The maximum absolute atomic E-state index is 12.0. The van der Waals surface area contributed by atoms with Gasteiger partial charge in [-0.25, -0.2) is 0 Å². The van der Waals surface area contributed by atoms with Crippen molar-refractivity contribution in [2.45, 2.75) is 18.2 Å². The predicted molar refractivity (Wildman–Crippen MR) is 66.1 cm³/mol. The van der Waals surface area contributed by atoms with E-state index >= 15 is 0 Å². The Morgan fingerprint density at radius 2 is 2.19 bits per heavy atom. The van der Waals surface area contributed by atoms with E-state index in [0.29, 0.717) is 6.61 Å². The van der Waals surface area contributed by atoms with E-state index in [-0.39, 0.29) is 11.7 Å². The van der Waals surface area contributed by atoms with Crippen LogP contribution in [0.15, 0.2) is 29.2 Å². The minimum absolute atomic E-state index is 0.0738. The van der Waals surface area contributed by atoms with Gasteiger partial charge in [0.2, 0.25) is 0 Å². The molecule has 1 aromatic rings. The summed E-state index contributed by atoms with van der Waals surface area (Å²) in [5, 5.41) is 0. The second kappa shape index (κ2) is 5.51. The molecular weight excluding hydrogens is 220 g/mol. The second-order valence-corrected chi connectivity index (χ2v) is 5.22. The normalized spacial score (nSPS) is 19.9. The summed E-state index contributed by atoms with van der Waals surface area (Å²) in [6.07, 6.45) is 0.865.